The molecule has 9 N–H and O–H groups in total. The second-order valence-electron chi connectivity index (χ2n) is 15.2. The van der Waals surface area contributed by atoms with Crippen LogP contribution in [0.25, 0.3) is 0 Å². The molecule has 1 heterocycles. The fourth-order valence-corrected chi connectivity index (χ4v) is 6.01. The van der Waals surface area contributed by atoms with Gasteiger partial charge in [0.1, 0.15) is 13.2 Å². The number of nitrogens with two attached hydrogens (primary N) is 2. The first-order valence-electron chi connectivity index (χ1n) is 22.5. The molecule has 0 bridgehead atoms. The highest BCUT2D eigenvalue weighted by atomic mass is 16.6. The van der Waals surface area contributed by atoms with Crippen molar-refractivity contribution in [1.29, 1.82) is 0 Å². The van der Waals surface area contributed by atoms with Crippen molar-refractivity contribution in [2.75, 3.05) is 130 Å². The fraction of sp³-hybridized carbons (Fsp3) is 0.574. The molecule has 68 heavy (non-hydrogen) atoms. The van der Waals surface area contributed by atoms with Gasteiger partial charge in [0.15, 0.2) is 11.5 Å². The zero-order chi connectivity index (χ0) is 49.5. The summed E-state index contributed by atoms with van der Waals surface area (Å²) in [6.45, 7) is 11.9. The molecule has 0 saturated carbocycles. The molecule has 0 aliphatic heterocycles. The van der Waals surface area contributed by atoms with E-state index < -0.39 is 11.4 Å². The molecule has 0 radical (unpaired) electrons. The smallest absolute Gasteiger partial charge is 0.271 e. The Morgan fingerprint density at radius 1 is 0.706 bits per heavy atom. The molecular formula is C47H71N9O12. The normalized spacial score (nSPS) is 11.0. The van der Waals surface area contributed by atoms with Gasteiger partial charge in [0.05, 0.1) is 116 Å². The van der Waals surface area contributed by atoms with Crippen molar-refractivity contribution in [2.45, 2.75) is 57.5 Å². The van der Waals surface area contributed by atoms with E-state index in [-0.39, 0.29) is 81.7 Å². The van der Waals surface area contributed by atoms with Gasteiger partial charge < -0.3 is 70.3 Å². The van der Waals surface area contributed by atoms with E-state index >= 15 is 0 Å². The number of ether oxygens (including phenoxy) is 8. The first kappa shape index (κ1) is 58.4. The summed E-state index contributed by atoms with van der Waals surface area (Å²) in [5, 5.41) is 11.8. The number of terminal acetylenes is 2. The van der Waals surface area contributed by atoms with E-state index in [1.807, 2.05) is 6.92 Å². The number of carbonyl (C=O) groups excluding carboxylic acids is 4. The van der Waals surface area contributed by atoms with Gasteiger partial charge in [-0.3, -0.25) is 19.2 Å². The third-order valence-electron chi connectivity index (χ3n) is 9.37. The van der Waals surface area contributed by atoms with Crippen LogP contribution in [0.5, 0.6) is 0 Å². The summed E-state index contributed by atoms with van der Waals surface area (Å²) in [7, 11) is 0. The summed E-state index contributed by atoms with van der Waals surface area (Å²) in [5.41, 5.74) is 9.46. The van der Waals surface area contributed by atoms with Crippen LogP contribution in [0.15, 0.2) is 42.6 Å². The molecule has 0 spiro atoms. The van der Waals surface area contributed by atoms with Gasteiger partial charge in [0.2, 0.25) is 11.8 Å². The van der Waals surface area contributed by atoms with Crippen molar-refractivity contribution in [3.05, 3.63) is 59.6 Å². The van der Waals surface area contributed by atoms with Crippen molar-refractivity contribution < 1.29 is 57.1 Å². The molecule has 2 rings (SSSR count). The molecule has 0 atom stereocenters. The lowest BCUT2D eigenvalue weighted by Crippen LogP contribution is -2.55. The topological polar surface area (TPSA) is 280 Å². The number of anilines is 2. The quantitative estimate of drug-likeness (QED) is 0.0163. The molecule has 2 aromatic rings. The molecule has 376 valence electrons. The molecule has 1 aromatic carbocycles. The number of aromatic nitrogens is 2. The number of carbonyl (C=O) groups is 4. The van der Waals surface area contributed by atoms with Gasteiger partial charge in [0.25, 0.3) is 11.8 Å². The fourth-order valence-electron chi connectivity index (χ4n) is 6.01. The van der Waals surface area contributed by atoms with E-state index in [2.05, 4.69) is 55.1 Å². The van der Waals surface area contributed by atoms with Gasteiger partial charge in [-0.25, -0.2) is 15.8 Å². The number of amides is 4. The van der Waals surface area contributed by atoms with Crippen molar-refractivity contribution in [1.82, 2.24) is 25.9 Å². The summed E-state index contributed by atoms with van der Waals surface area (Å²) < 4.78 is 44.4. The van der Waals surface area contributed by atoms with Crippen LogP contribution >= 0.6 is 0 Å². The third-order valence-corrected chi connectivity index (χ3v) is 9.37. The Labute approximate surface area is 400 Å². The van der Waals surface area contributed by atoms with Crippen molar-refractivity contribution in [3.8, 4) is 24.7 Å². The number of benzene rings is 1. The predicted octanol–water partition coefficient (Wildman–Crippen LogP) is 1.49. The highest BCUT2D eigenvalue weighted by Crippen LogP contribution is 2.19. The molecule has 4 amide bonds. The van der Waals surface area contributed by atoms with Gasteiger partial charge in [-0.05, 0) is 56.9 Å². The number of hydrogen-bond donors (Lipinski definition) is 7. The van der Waals surface area contributed by atoms with Crippen LogP contribution in [-0.4, -0.2) is 158 Å². The zero-order valence-electron chi connectivity index (χ0n) is 39.4. The van der Waals surface area contributed by atoms with Crippen LogP contribution < -0.4 is 38.3 Å². The van der Waals surface area contributed by atoms with Crippen LogP contribution in [-0.2, 0) is 54.0 Å². The summed E-state index contributed by atoms with van der Waals surface area (Å²) in [5.74, 6) is 8.96. The summed E-state index contributed by atoms with van der Waals surface area (Å²) in [6, 6.07) is 6.80. The minimum absolute atomic E-state index is 0.0683. The minimum Gasteiger partial charge on any atom is -0.379 e. The molecule has 0 saturated heterocycles. The van der Waals surface area contributed by atoms with E-state index in [1.165, 1.54) is 6.20 Å². The second kappa shape index (κ2) is 37.3. The van der Waals surface area contributed by atoms with Crippen molar-refractivity contribution >= 4 is 35.1 Å². The molecule has 0 aliphatic rings. The zero-order valence-corrected chi connectivity index (χ0v) is 39.4. The number of nitrogen functional groups attached to an aromatic ring is 1. The standard InChI is InChI=1S/C47H71N9O12/c1-5-19-67-35-47(36-68-20-6-2,16-7-9-37(3)4)55-42(58)15-21-61-23-25-63-27-29-65-31-32-66-30-28-64-26-24-62-22-18-50-41(57)10-8-17-51-46(60)38-11-13-39(14-12-38)52-33-40-34-53-45(56-49)43(54-40)44(48)59/h1-2,11-14,34,52H,3,7-10,15-33,35-36,49H2,4H3,(H2,48,59)(H,50,57)(H,51,60)(H,53,56)(H,55,58). The van der Waals surface area contributed by atoms with Crippen LogP contribution in [0.4, 0.5) is 11.5 Å². The maximum absolute atomic E-state index is 12.8. The van der Waals surface area contributed by atoms with Gasteiger partial charge >= 0.3 is 0 Å². The van der Waals surface area contributed by atoms with E-state index in [0.29, 0.717) is 110 Å². The van der Waals surface area contributed by atoms with Crippen molar-refractivity contribution in [2.24, 2.45) is 11.6 Å². The molecule has 0 aliphatic carbocycles. The lowest BCUT2D eigenvalue weighted by Gasteiger charge is -2.34. The Hall–Kier alpha value is -5.72. The number of hydrogen-bond acceptors (Lipinski definition) is 17. The summed E-state index contributed by atoms with van der Waals surface area (Å²) in [4.78, 5) is 57.3. The molecular weight excluding hydrogens is 883 g/mol. The van der Waals surface area contributed by atoms with E-state index in [0.717, 1.165) is 24.1 Å². The maximum Gasteiger partial charge on any atom is 0.271 e. The maximum atomic E-state index is 12.8. The first-order valence-corrected chi connectivity index (χ1v) is 22.5. The first-order chi connectivity index (χ1) is 33.0. The Kier molecular flexibility index (Phi) is 32.0. The molecule has 0 fully saturated rings. The Morgan fingerprint density at radius 2 is 1.26 bits per heavy atom. The van der Waals surface area contributed by atoms with Crippen LogP contribution in [0, 0.1) is 24.7 Å². The van der Waals surface area contributed by atoms with E-state index in [1.54, 1.807) is 24.3 Å². The van der Waals surface area contributed by atoms with Crippen LogP contribution in [0.1, 0.15) is 72.0 Å². The highest BCUT2D eigenvalue weighted by molar-refractivity contribution is 5.95. The minimum atomic E-state index is -0.780. The SMILES string of the molecule is C#CCOCC(CCCC(=C)C)(COCC#C)NC(=O)CCOCCOCCOCCOCCOCCOCCNC(=O)CCCNC(=O)c1ccc(NCc2cnc(NN)c(C(N)=O)n2)cc1. The van der Waals surface area contributed by atoms with E-state index in [9.17, 15) is 19.2 Å². The second-order valence-corrected chi connectivity index (χ2v) is 15.2. The van der Waals surface area contributed by atoms with Gasteiger partial charge in [0, 0.05) is 37.2 Å². The Balaban J connectivity index is 1.38. The molecule has 0 unspecified atom stereocenters. The largest absolute Gasteiger partial charge is 0.379 e. The number of allylic oxidation sites excluding steroid dienone is 1. The summed E-state index contributed by atoms with van der Waals surface area (Å²) in [6.07, 6.45) is 15.2. The number of nitrogens with zero attached hydrogens (tertiary/aromatic N) is 2. The predicted molar refractivity (Wildman–Crippen MR) is 255 cm³/mol. The highest BCUT2D eigenvalue weighted by Gasteiger charge is 2.32. The van der Waals surface area contributed by atoms with Gasteiger partial charge in [-0.2, -0.15) is 0 Å². The van der Waals surface area contributed by atoms with Crippen molar-refractivity contribution in [3.63, 3.8) is 0 Å². The lowest BCUT2D eigenvalue weighted by molar-refractivity contribution is -0.126. The Morgan fingerprint density at radius 3 is 1.79 bits per heavy atom. The van der Waals surface area contributed by atoms with Gasteiger partial charge in [-0.1, -0.05) is 17.4 Å². The average molecular weight is 954 g/mol. The van der Waals surface area contributed by atoms with E-state index in [4.69, 9.17) is 62.3 Å². The van der Waals surface area contributed by atoms with Gasteiger partial charge in [-0.15, -0.1) is 19.4 Å². The third kappa shape index (κ3) is 27.8. The average Bonchev–Trinajstić information content (AvgIpc) is 3.32. The lowest BCUT2D eigenvalue weighted by atomic mass is 9.92. The monoisotopic (exact) mass is 954 g/mol. The number of rotatable bonds is 42. The van der Waals surface area contributed by atoms with Crippen LogP contribution in [0.3, 0.4) is 0 Å². The van der Waals surface area contributed by atoms with Crippen LogP contribution in [0.2, 0.25) is 0 Å². The molecule has 21 heteroatoms. The Bertz CT molecular complexity index is 1840. The molecule has 21 nitrogen and oxygen atoms in total. The number of nitrogens with one attached hydrogen (secondary N) is 5. The number of primary amides is 1. The summed E-state index contributed by atoms with van der Waals surface area (Å²) >= 11 is 0. The molecule has 1 aromatic heterocycles. The number of hydrazine groups is 1.